The van der Waals surface area contributed by atoms with Crippen LogP contribution in [0.4, 0.5) is 19.1 Å². The number of alkyl halides is 3. The van der Waals surface area contributed by atoms with Crippen molar-refractivity contribution in [3.8, 4) is 17.3 Å². The Morgan fingerprint density at radius 1 is 1.21 bits per heavy atom. The number of hydrogen-bond acceptors (Lipinski definition) is 6. The zero-order valence-electron chi connectivity index (χ0n) is 22.3. The summed E-state index contributed by atoms with van der Waals surface area (Å²) in [4.78, 5) is 8.47. The van der Waals surface area contributed by atoms with E-state index in [0.717, 1.165) is 38.0 Å². The summed E-state index contributed by atoms with van der Waals surface area (Å²) in [6.45, 7) is 10.3. The van der Waals surface area contributed by atoms with E-state index >= 15 is 0 Å². The number of halogens is 3. The van der Waals surface area contributed by atoms with E-state index in [1.807, 2.05) is 6.92 Å². The van der Waals surface area contributed by atoms with Crippen molar-refractivity contribution in [3.63, 3.8) is 0 Å². The zero-order valence-corrected chi connectivity index (χ0v) is 23.3. The van der Waals surface area contributed by atoms with E-state index in [1.54, 1.807) is 29.0 Å². The van der Waals surface area contributed by atoms with E-state index in [0.29, 0.717) is 28.6 Å². The molecular formula is C27H35F3N6OSi. The molecular weight excluding hydrogens is 509 g/mol. The molecule has 7 nitrogen and oxygen atoms in total. The first-order valence-corrected chi connectivity index (χ1v) is 16.8. The fourth-order valence-corrected chi connectivity index (χ4v) is 5.62. The second kappa shape index (κ2) is 11.4. The summed E-state index contributed by atoms with van der Waals surface area (Å²) in [6, 6.07) is 8.29. The fourth-order valence-electron chi connectivity index (χ4n) is 4.87. The molecule has 0 bridgehead atoms. The van der Waals surface area contributed by atoms with Gasteiger partial charge in [-0.3, -0.25) is 0 Å². The topological polar surface area (TPSA) is 87.8 Å². The molecule has 3 aromatic rings. The smallest absolute Gasteiger partial charge is 0.361 e. The summed E-state index contributed by atoms with van der Waals surface area (Å²) in [7, 11) is -1.30. The zero-order chi connectivity index (χ0) is 27.5. The van der Waals surface area contributed by atoms with Gasteiger partial charge in [0, 0.05) is 50.1 Å². The maximum atomic E-state index is 14.1. The lowest BCUT2D eigenvalue weighted by atomic mass is 10.0. The molecule has 0 unspecified atom stereocenters. The molecule has 38 heavy (non-hydrogen) atoms. The molecule has 2 heterocycles. The van der Waals surface area contributed by atoms with Gasteiger partial charge in [0.25, 0.3) is 0 Å². The molecule has 1 aliphatic rings. The predicted molar refractivity (Wildman–Crippen MR) is 146 cm³/mol. The highest BCUT2D eigenvalue weighted by Gasteiger charge is 2.37. The highest BCUT2D eigenvalue weighted by atomic mass is 28.3. The van der Waals surface area contributed by atoms with Gasteiger partial charge in [-0.2, -0.15) is 18.4 Å². The number of fused-ring (bicyclic) bond motifs is 1. The third-order valence-electron chi connectivity index (χ3n) is 6.88. The molecule has 2 atom stereocenters. The van der Waals surface area contributed by atoms with Gasteiger partial charge in [-0.25, -0.2) is 9.97 Å². The lowest BCUT2D eigenvalue weighted by Gasteiger charge is -2.22. The summed E-state index contributed by atoms with van der Waals surface area (Å²) in [5.41, 5.74) is 0.272. The molecule has 0 radical (unpaired) electrons. The first kappa shape index (κ1) is 28.1. The maximum absolute atomic E-state index is 14.1. The van der Waals surface area contributed by atoms with Crippen LogP contribution in [0.15, 0.2) is 30.6 Å². The third kappa shape index (κ3) is 6.54. The van der Waals surface area contributed by atoms with E-state index < -0.39 is 19.8 Å². The standard InChI is InChI=1S/C27H35F3N6OSi/c1-5-32-22-7-6-8-23(22)34-26-33-15-21(27(28,29)30)25(35-26)20-16-36(17-37-11-12-38(2,3)4)24-13-18(14-31)9-10-19(20)24/h9-10,13,15-16,22-23,32H,5-8,11-12,17H2,1-4H3,(H,33,34,35)/t22-,23-/m0/s1. The Labute approximate surface area is 222 Å². The summed E-state index contributed by atoms with van der Waals surface area (Å²) < 4.78 is 50.1. The molecule has 1 fully saturated rings. The molecule has 0 spiro atoms. The number of likely N-dealkylation sites (N-methyl/N-ethyl adjacent to an activating group) is 1. The van der Waals surface area contributed by atoms with Crippen molar-refractivity contribution in [1.29, 1.82) is 5.26 Å². The van der Waals surface area contributed by atoms with Gasteiger partial charge in [-0.05, 0) is 44.0 Å². The van der Waals surface area contributed by atoms with Crippen molar-refractivity contribution in [1.82, 2.24) is 19.9 Å². The number of benzene rings is 1. The molecule has 2 N–H and O–H groups in total. The first-order valence-electron chi connectivity index (χ1n) is 13.1. The van der Waals surface area contributed by atoms with Crippen LogP contribution in [0.5, 0.6) is 0 Å². The van der Waals surface area contributed by atoms with Gasteiger partial charge in [0.2, 0.25) is 5.95 Å². The van der Waals surface area contributed by atoms with E-state index in [4.69, 9.17) is 4.74 Å². The van der Waals surface area contributed by atoms with Crippen LogP contribution in [-0.4, -0.2) is 47.8 Å². The fraction of sp³-hybridized carbons (Fsp3) is 0.519. The van der Waals surface area contributed by atoms with E-state index in [1.165, 1.54) is 0 Å². The van der Waals surface area contributed by atoms with Crippen LogP contribution in [0.2, 0.25) is 25.7 Å². The molecule has 1 saturated carbocycles. The summed E-state index contributed by atoms with van der Waals surface area (Å²) in [5, 5.41) is 16.7. The lowest BCUT2D eigenvalue weighted by Crippen LogP contribution is -2.40. The SMILES string of the molecule is CCN[C@H]1CCC[C@@H]1Nc1ncc(C(F)(F)F)c(-c2cn(COCC[Si](C)(C)C)c3cc(C#N)ccc23)n1. The molecule has 1 aromatic carbocycles. The van der Waals surface area contributed by atoms with Crippen molar-refractivity contribution in [2.75, 3.05) is 18.5 Å². The molecule has 1 aliphatic carbocycles. The van der Waals surface area contributed by atoms with Crippen molar-refractivity contribution in [2.24, 2.45) is 0 Å². The minimum Gasteiger partial charge on any atom is -0.361 e. The molecule has 2 aromatic heterocycles. The third-order valence-corrected chi connectivity index (χ3v) is 8.59. The Morgan fingerprint density at radius 3 is 2.66 bits per heavy atom. The van der Waals surface area contributed by atoms with Gasteiger partial charge < -0.3 is 19.9 Å². The van der Waals surface area contributed by atoms with Gasteiger partial charge in [-0.15, -0.1) is 0 Å². The number of nitrogens with one attached hydrogen (secondary N) is 2. The van der Waals surface area contributed by atoms with Gasteiger partial charge in [0.05, 0.1) is 22.8 Å². The maximum Gasteiger partial charge on any atom is 0.419 e. The monoisotopic (exact) mass is 544 g/mol. The van der Waals surface area contributed by atoms with Crippen molar-refractivity contribution in [2.45, 2.75) is 76.9 Å². The van der Waals surface area contributed by atoms with Crippen molar-refractivity contribution in [3.05, 3.63) is 41.7 Å². The summed E-state index contributed by atoms with van der Waals surface area (Å²) >= 11 is 0. The summed E-state index contributed by atoms with van der Waals surface area (Å²) in [6.07, 6.45) is 0.767. The number of nitrogens with zero attached hydrogens (tertiary/aromatic N) is 4. The molecule has 0 saturated heterocycles. The van der Waals surface area contributed by atoms with Crippen LogP contribution in [-0.2, 0) is 17.6 Å². The lowest BCUT2D eigenvalue weighted by molar-refractivity contribution is -0.137. The Kier molecular flexibility index (Phi) is 8.45. The predicted octanol–water partition coefficient (Wildman–Crippen LogP) is 6.24. The van der Waals surface area contributed by atoms with E-state index in [-0.39, 0.29) is 30.5 Å². The number of nitriles is 1. The molecule has 0 amide bonds. The Balaban J connectivity index is 1.74. The average molecular weight is 545 g/mol. The minimum atomic E-state index is -4.64. The largest absolute Gasteiger partial charge is 0.419 e. The molecule has 4 rings (SSSR count). The number of ether oxygens (including phenoxy) is 1. The Morgan fingerprint density at radius 2 is 1.97 bits per heavy atom. The second-order valence-corrected chi connectivity index (χ2v) is 16.6. The van der Waals surface area contributed by atoms with Crippen LogP contribution in [0.3, 0.4) is 0 Å². The van der Waals surface area contributed by atoms with E-state index in [9.17, 15) is 18.4 Å². The van der Waals surface area contributed by atoms with Crippen molar-refractivity contribution >= 4 is 24.9 Å². The number of aromatic nitrogens is 3. The number of anilines is 1. The Bertz CT molecular complexity index is 1310. The molecule has 204 valence electrons. The second-order valence-electron chi connectivity index (χ2n) is 11.0. The molecule has 0 aliphatic heterocycles. The highest BCUT2D eigenvalue weighted by Crippen LogP contribution is 2.40. The minimum absolute atomic E-state index is 0.0406. The van der Waals surface area contributed by atoms with Crippen molar-refractivity contribution < 1.29 is 17.9 Å². The number of rotatable bonds is 10. The normalized spacial score (nSPS) is 18.2. The first-order chi connectivity index (χ1) is 18.0. The average Bonchev–Trinajstić information content (AvgIpc) is 3.44. The van der Waals surface area contributed by atoms with Gasteiger partial charge >= 0.3 is 6.18 Å². The van der Waals surface area contributed by atoms with Crippen LogP contribution in [0.25, 0.3) is 22.2 Å². The van der Waals surface area contributed by atoms with Crippen LogP contribution >= 0.6 is 0 Å². The Hall–Kier alpha value is -2.94. The highest BCUT2D eigenvalue weighted by molar-refractivity contribution is 6.76. The quantitative estimate of drug-likeness (QED) is 0.232. The van der Waals surface area contributed by atoms with E-state index in [2.05, 4.69) is 46.3 Å². The van der Waals surface area contributed by atoms with Gasteiger partial charge in [-0.1, -0.05) is 32.6 Å². The summed E-state index contributed by atoms with van der Waals surface area (Å²) in [5.74, 6) is 0.170. The number of hydrogen-bond donors (Lipinski definition) is 2. The van der Waals surface area contributed by atoms with Crippen LogP contribution < -0.4 is 10.6 Å². The van der Waals surface area contributed by atoms with Gasteiger partial charge in [0.15, 0.2) is 0 Å². The van der Waals surface area contributed by atoms with Crippen LogP contribution in [0, 0.1) is 11.3 Å². The van der Waals surface area contributed by atoms with Crippen LogP contribution in [0.1, 0.15) is 37.3 Å². The van der Waals surface area contributed by atoms with Gasteiger partial charge in [0.1, 0.15) is 12.3 Å². The molecule has 11 heteroatoms.